The zero-order valence-electron chi connectivity index (χ0n) is 15.4. The number of hydrogen-bond acceptors (Lipinski definition) is 5. The van der Waals surface area contributed by atoms with Gasteiger partial charge in [-0.05, 0) is 36.8 Å². The van der Waals surface area contributed by atoms with Crippen LogP contribution >= 0.6 is 0 Å². The first-order valence-electron chi connectivity index (χ1n) is 8.92. The lowest BCUT2D eigenvalue weighted by Gasteiger charge is -2.14. The molecule has 0 aliphatic rings. The molecule has 5 aromatic rings. The summed E-state index contributed by atoms with van der Waals surface area (Å²) in [5, 5.41) is 13.7. The molecule has 4 heterocycles. The number of rotatable bonds is 3. The highest BCUT2D eigenvalue weighted by Gasteiger charge is 2.18. The number of fused-ring (bicyclic) bond motifs is 2. The first kappa shape index (κ1) is 16.4. The van der Waals surface area contributed by atoms with Crippen LogP contribution in [-0.2, 0) is 7.05 Å². The fraction of sp³-hybridized carbons (Fsp3) is 0.150. The zero-order chi connectivity index (χ0) is 19.3. The summed E-state index contributed by atoms with van der Waals surface area (Å²) in [6, 6.07) is 11.6. The molecule has 0 saturated heterocycles. The molecule has 4 aromatic heterocycles. The summed E-state index contributed by atoms with van der Waals surface area (Å²) in [7, 11) is 1.82. The molecule has 0 saturated carbocycles. The standard InChI is InChI=1S/C20H17N7O/c1-13(14-5-6-17-15(10-14)4-3-8-21-17)27-19-18(23-24-27)7-9-26(20(19)28)16-11-22-25(2)12-16/h3-13H,1-2H3. The van der Waals surface area contributed by atoms with E-state index in [4.69, 9.17) is 0 Å². The van der Waals surface area contributed by atoms with Gasteiger partial charge in [0.15, 0.2) is 5.52 Å². The lowest BCUT2D eigenvalue weighted by Crippen LogP contribution is -2.21. The first-order chi connectivity index (χ1) is 13.6. The molecule has 1 atom stereocenters. The molecule has 0 amide bonds. The van der Waals surface area contributed by atoms with E-state index in [1.807, 2.05) is 38.2 Å². The average Bonchev–Trinajstić information content (AvgIpc) is 3.34. The Balaban J connectivity index is 1.66. The third kappa shape index (κ3) is 2.50. The van der Waals surface area contributed by atoms with Gasteiger partial charge in [-0.25, -0.2) is 4.68 Å². The average molecular weight is 371 g/mol. The lowest BCUT2D eigenvalue weighted by atomic mass is 10.1. The zero-order valence-corrected chi connectivity index (χ0v) is 15.4. The van der Waals surface area contributed by atoms with E-state index in [1.54, 1.807) is 44.8 Å². The van der Waals surface area contributed by atoms with Gasteiger partial charge in [0.05, 0.1) is 23.4 Å². The molecule has 1 aromatic carbocycles. The third-order valence-electron chi connectivity index (χ3n) is 4.97. The monoisotopic (exact) mass is 371 g/mol. The van der Waals surface area contributed by atoms with Crippen molar-refractivity contribution in [1.29, 1.82) is 0 Å². The predicted octanol–water partition coefficient (Wildman–Crippen LogP) is 2.47. The van der Waals surface area contributed by atoms with Crippen molar-refractivity contribution >= 4 is 21.9 Å². The first-order valence-corrected chi connectivity index (χ1v) is 8.92. The third-order valence-corrected chi connectivity index (χ3v) is 4.97. The van der Waals surface area contributed by atoms with Crippen LogP contribution in [0.4, 0.5) is 0 Å². The molecule has 1 unspecified atom stereocenters. The van der Waals surface area contributed by atoms with Crippen molar-refractivity contribution in [2.45, 2.75) is 13.0 Å². The van der Waals surface area contributed by atoms with Crippen LogP contribution < -0.4 is 5.56 Å². The Hall–Kier alpha value is -3.81. The minimum absolute atomic E-state index is 0.160. The molecule has 5 rings (SSSR count). The molecule has 0 radical (unpaired) electrons. The Morgan fingerprint density at radius 3 is 2.82 bits per heavy atom. The van der Waals surface area contributed by atoms with E-state index in [9.17, 15) is 4.79 Å². The minimum Gasteiger partial charge on any atom is -0.279 e. The van der Waals surface area contributed by atoms with Crippen LogP contribution in [-0.4, -0.2) is 34.3 Å². The Bertz CT molecular complexity index is 1380. The molecular formula is C20H17N7O. The maximum absolute atomic E-state index is 13.2. The second-order valence-corrected chi connectivity index (χ2v) is 6.76. The fourth-order valence-electron chi connectivity index (χ4n) is 3.45. The number of pyridine rings is 2. The van der Waals surface area contributed by atoms with Crippen molar-refractivity contribution in [3.05, 3.63) is 77.1 Å². The molecule has 0 N–H and O–H groups in total. The van der Waals surface area contributed by atoms with Gasteiger partial charge in [-0.15, -0.1) is 5.10 Å². The normalized spacial score (nSPS) is 12.6. The molecule has 0 aliphatic heterocycles. The molecule has 0 fully saturated rings. The molecule has 8 nitrogen and oxygen atoms in total. The Morgan fingerprint density at radius 1 is 1.11 bits per heavy atom. The number of benzene rings is 1. The van der Waals surface area contributed by atoms with Crippen molar-refractivity contribution < 1.29 is 0 Å². The largest absolute Gasteiger partial charge is 0.283 e. The van der Waals surface area contributed by atoms with Gasteiger partial charge in [-0.2, -0.15) is 5.10 Å². The highest BCUT2D eigenvalue weighted by atomic mass is 16.1. The van der Waals surface area contributed by atoms with Gasteiger partial charge in [0.2, 0.25) is 0 Å². The maximum atomic E-state index is 13.2. The Labute approximate surface area is 159 Å². The van der Waals surface area contributed by atoms with Crippen molar-refractivity contribution in [3.63, 3.8) is 0 Å². The quantitative estimate of drug-likeness (QED) is 0.486. The number of aromatic nitrogens is 7. The van der Waals surface area contributed by atoms with E-state index >= 15 is 0 Å². The number of nitrogens with zero attached hydrogens (tertiary/aromatic N) is 7. The summed E-state index contributed by atoms with van der Waals surface area (Å²) in [5.41, 5.74) is 3.52. The molecule has 28 heavy (non-hydrogen) atoms. The predicted molar refractivity (Wildman–Crippen MR) is 105 cm³/mol. The van der Waals surface area contributed by atoms with E-state index in [-0.39, 0.29) is 11.6 Å². The molecule has 0 aliphatic carbocycles. The van der Waals surface area contributed by atoms with Crippen LogP contribution in [0, 0.1) is 0 Å². The highest BCUT2D eigenvalue weighted by Crippen LogP contribution is 2.23. The van der Waals surface area contributed by atoms with Gasteiger partial charge >= 0.3 is 0 Å². The SMILES string of the molecule is CC(c1ccc2ncccc2c1)n1nnc2ccn(-c3cnn(C)c3)c(=O)c21. The molecule has 0 spiro atoms. The van der Waals surface area contributed by atoms with E-state index in [0.29, 0.717) is 16.7 Å². The molecule has 8 heteroatoms. The van der Waals surface area contributed by atoms with Crippen molar-refractivity contribution in [3.8, 4) is 5.69 Å². The van der Waals surface area contributed by atoms with Crippen LogP contribution in [0.2, 0.25) is 0 Å². The van der Waals surface area contributed by atoms with Crippen molar-refractivity contribution in [1.82, 2.24) is 34.3 Å². The van der Waals surface area contributed by atoms with E-state index < -0.39 is 0 Å². The summed E-state index contributed by atoms with van der Waals surface area (Å²) in [6.07, 6.45) is 6.92. The van der Waals surface area contributed by atoms with Crippen molar-refractivity contribution in [2.24, 2.45) is 7.05 Å². The molecular weight excluding hydrogens is 354 g/mol. The van der Waals surface area contributed by atoms with Gasteiger partial charge < -0.3 is 0 Å². The summed E-state index contributed by atoms with van der Waals surface area (Å²) >= 11 is 0. The summed E-state index contributed by atoms with van der Waals surface area (Å²) in [5.74, 6) is 0. The van der Waals surface area contributed by atoms with Gasteiger partial charge in [0.1, 0.15) is 5.52 Å². The van der Waals surface area contributed by atoms with E-state index in [0.717, 1.165) is 16.5 Å². The van der Waals surface area contributed by atoms with E-state index in [1.165, 1.54) is 0 Å². The fourth-order valence-corrected chi connectivity index (χ4v) is 3.45. The number of hydrogen-bond donors (Lipinski definition) is 0. The highest BCUT2D eigenvalue weighted by molar-refractivity contribution is 5.79. The lowest BCUT2D eigenvalue weighted by molar-refractivity contribution is 0.558. The smallest absolute Gasteiger partial charge is 0.279 e. The van der Waals surface area contributed by atoms with Crippen LogP contribution in [0.5, 0.6) is 0 Å². The van der Waals surface area contributed by atoms with Crippen LogP contribution in [0.15, 0.2) is 66.0 Å². The van der Waals surface area contributed by atoms with Gasteiger partial charge in [0.25, 0.3) is 5.56 Å². The second-order valence-electron chi connectivity index (χ2n) is 6.76. The van der Waals surface area contributed by atoms with Crippen molar-refractivity contribution in [2.75, 3.05) is 0 Å². The second kappa shape index (κ2) is 6.12. The summed E-state index contributed by atoms with van der Waals surface area (Å²) in [4.78, 5) is 17.5. The number of aryl methyl sites for hydroxylation is 1. The van der Waals surface area contributed by atoms with Gasteiger partial charge in [0, 0.05) is 31.0 Å². The van der Waals surface area contributed by atoms with Crippen LogP contribution in [0.25, 0.3) is 27.6 Å². The summed E-state index contributed by atoms with van der Waals surface area (Å²) < 4.78 is 4.90. The Morgan fingerprint density at radius 2 is 2.00 bits per heavy atom. The molecule has 138 valence electrons. The topological polar surface area (TPSA) is 83.4 Å². The van der Waals surface area contributed by atoms with Crippen LogP contribution in [0.3, 0.4) is 0 Å². The Kier molecular flexibility index (Phi) is 3.58. The van der Waals surface area contributed by atoms with E-state index in [2.05, 4.69) is 26.5 Å². The maximum Gasteiger partial charge on any atom is 0.283 e. The summed E-state index contributed by atoms with van der Waals surface area (Å²) in [6.45, 7) is 2.01. The van der Waals surface area contributed by atoms with Gasteiger partial charge in [-0.1, -0.05) is 17.3 Å². The molecule has 0 bridgehead atoms. The van der Waals surface area contributed by atoms with Crippen LogP contribution in [0.1, 0.15) is 18.5 Å². The minimum atomic E-state index is -0.176. The van der Waals surface area contributed by atoms with Gasteiger partial charge in [-0.3, -0.25) is 19.0 Å².